The van der Waals surface area contributed by atoms with Crippen molar-refractivity contribution in [3.8, 4) is 5.75 Å². The Morgan fingerprint density at radius 1 is 1.03 bits per heavy atom. The molecule has 1 N–H and O–H groups in total. The Kier molecular flexibility index (Phi) is 6.95. The summed E-state index contributed by atoms with van der Waals surface area (Å²) in [5.74, 6) is 1.05. The van der Waals surface area contributed by atoms with Crippen LogP contribution in [0.1, 0.15) is 26.3 Å². The summed E-state index contributed by atoms with van der Waals surface area (Å²) in [4.78, 5) is 29.8. The average molecular weight is 429 g/mol. The molecule has 1 heterocycles. The van der Waals surface area contributed by atoms with Gasteiger partial charge in [-0.25, -0.2) is 14.2 Å². The molecule has 0 atom stereocenters. The molecule has 7 nitrogen and oxygen atoms in total. The Hall–Kier alpha value is -3.06. The molecule has 0 fully saturated rings. The third kappa shape index (κ3) is 5.30. The fourth-order valence-corrected chi connectivity index (χ4v) is 3.12. The second kappa shape index (κ2) is 9.63. The number of aromatic nitrogens is 3. The number of hydrogen-bond acceptors (Lipinski definition) is 5. The molecule has 2 aromatic carbocycles. The number of nitrogens with zero attached hydrogens (tertiary/aromatic N) is 3. The van der Waals surface area contributed by atoms with Gasteiger partial charge in [-0.3, -0.25) is 4.57 Å². The van der Waals surface area contributed by atoms with Gasteiger partial charge in [-0.1, -0.05) is 37.6 Å². The molecule has 158 valence electrons. The lowest BCUT2D eigenvalue weighted by Crippen LogP contribution is -2.43. The number of anilines is 2. The van der Waals surface area contributed by atoms with Crippen LogP contribution in [0.5, 0.6) is 5.75 Å². The van der Waals surface area contributed by atoms with Crippen LogP contribution in [-0.2, 0) is 13.1 Å². The molecule has 0 aliphatic heterocycles. The fraction of sp³-hybridized carbons (Fsp3) is 0.318. The molecule has 0 amide bonds. The minimum Gasteiger partial charge on any atom is -0.494 e. The molecular weight excluding hydrogens is 404 g/mol. The number of benzene rings is 2. The highest BCUT2D eigenvalue weighted by atomic mass is 35.5. The lowest BCUT2D eigenvalue weighted by molar-refractivity contribution is 0.340. The molecule has 0 saturated heterocycles. The number of hydrogen-bond donors (Lipinski definition) is 1. The summed E-state index contributed by atoms with van der Waals surface area (Å²) in [6, 6.07) is 14.5. The highest BCUT2D eigenvalue weighted by Crippen LogP contribution is 2.19. The van der Waals surface area contributed by atoms with Crippen LogP contribution in [0.15, 0.2) is 58.1 Å². The summed E-state index contributed by atoms with van der Waals surface area (Å²) >= 11 is 5.97. The zero-order valence-electron chi connectivity index (χ0n) is 17.3. The van der Waals surface area contributed by atoms with Crippen LogP contribution in [-0.4, -0.2) is 20.7 Å². The summed E-state index contributed by atoms with van der Waals surface area (Å²) < 4.78 is 8.08. The van der Waals surface area contributed by atoms with E-state index < -0.39 is 11.4 Å². The van der Waals surface area contributed by atoms with Crippen LogP contribution in [0.25, 0.3) is 0 Å². The second-order valence-corrected chi connectivity index (χ2v) is 7.74. The van der Waals surface area contributed by atoms with Gasteiger partial charge in [0, 0.05) is 17.3 Å². The van der Waals surface area contributed by atoms with Gasteiger partial charge in [0.05, 0.1) is 13.2 Å². The molecule has 30 heavy (non-hydrogen) atoms. The van der Waals surface area contributed by atoms with Crippen molar-refractivity contribution in [2.45, 2.75) is 33.9 Å². The van der Waals surface area contributed by atoms with E-state index in [1.807, 2.05) is 57.2 Å². The quantitative estimate of drug-likeness (QED) is 0.588. The molecule has 0 aliphatic rings. The van der Waals surface area contributed by atoms with Crippen molar-refractivity contribution in [3.63, 3.8) is 0 Å². The van der Waals surface area contributed by atoms with Gasteiger partial charge in [-0.15, -0.1) is 0 Å². The van der Waals surface area contributed by atoms with E-state index in [1.54, 1.807) is 12.1 Å². The SMILES string of the molecule is CCOc1ccc(Nc2nc(=O)n(CC(C)C)c(=O)n2Cc2ccc(Cl)cc2)cc1. The Morgan fingerprint density at radius 3 is 2.30 bits per heavy atom. The Labute approximate surface area is 179 Å². The van der Waals surface area contributed by atoms with Crippen LogP contribution < -0.4 is 21.4 Å². The maximum Gasteiger partial charge on any atom is 0.354 e. The summed E-state index contributed by atoms with van der Waals surface area (Å²) in [5.41, 5.74) is 0.575. The third-order valence-corrected chi connectivity index (χ3v) is 4.63. The van der Waals surface area contributed by atoms with Crippen molar-refractivity contribution >= 4 is 23.2 Å². The van der Waals surface area contributed by atoms with Gasteiger partial charge in [-0.2, -0.15) is 4.98 Å². The van der Waals surface area contributed by atoms with E-state index in [-0.39, 0.29) is 18.4 Å². The lowest BCUT2D eigenvalue weighted by atomic mass is 10.2. The van der Waals surface area contributed by atoms with Crippen molar-refractivity contribution in [1.82, 2.24) is 14.1 Å². The van der Waals surface area contributed by atoms with Crippen LogP contribution in [0.2, 0.25) is 5.02 Å². The summed E-state index contributed by atoms with van der Waals surface area (Å²) in [5, 5.41) is 3.71. The van der Waals surface area contributed by atoms with Gasteiger partial charge in [0.1, 0.15) is 5.75 Å². The largest absolute Gasteiger partial charge is 0.494 e. The zero-order valence-corrected chi connectivity index (χ0v) is 18.0. The molecule has 0 aliphatic carbocycles. The monoisotopic (exact) mass is 428 g/mol. The number of rotatable bonds is 8. The zero-order chi connectivity index (χ0) is 21.7. The predicted molar refractivity (Wildman–Crippen MR) is 119 cm³/mol. The molecule has 0 bridgehead atoms. The summed E-state index contributed by atoms with van der Waals surface area (Å²) in [6.45, 7) is 6.93. The molecule has 0 saturated carbocycles. The highest BCUT2D eigenvalue weighted by molar-refractivity contribution is 6.30. The minimum absolute atomic E-state index is 0.131. The molecule has 1 aromatic heterocycles. The van der Waals surface area contributed by atoms with Crippen LogP contribution in [0, 0.1) is 5.92 Å². The Bertz CT molecular complexity index is 1100. The lowest BCUT2D eigenvalue weighted by Gasteiger charge is -2.16. The van der Waals surface area contributed by atoms with Gasteiger partial charge < -0.3 is 10.1 Å². The topological polar surface area (TPSA) is 78.2 Å². The van der Waals surface area contributed by atoms with Crippen molar-refractivity contribution in [1.29, 1.82) is 0 Å². The first-order chi connectivity index (χ1) is 14.4. The summed E-state index contributed by atoms with van der Waals surface area (Å²) in [6.07, 6.45) is 0. The second-order valence-electron chi connectivity index (χ2n) is 7.30. The Morgan fingerprint density at radius 2 is 1.70 bits per heavy atom. The normalized spacial score (nSPS) is 11.0. The van der Waals surface area contributed by atoms with E-state index in [2.05, 4.69) is 10.3 Å². The molecule has 3 rings (SSSR count). The maximum atomic E-state index is 13.1. The van der Waals surface area contributed by atoms with Crippen molar-refractivity contribution in [2.75, 3.05) is 11.9 Å². The first kappa shape index (κ1) is 21.6. The molecule has 0 radical (unpaired) electrons. The van der Waals surface area contributed by atoms with E-state index in [0.717, 1.165) is 11.3 Å². The van der Waals surface area contributed by atoms with Crippen LogP contribution in [0.3, 0.4) is 0 Å². The van der Waals surface area contributed by atoms with E-state index in [9.17, 15) is 9.59 Å². The van der Waals surface area contributed by atoms with Crippen LogP contribution >= 0.6 is 11.6 Å². The first-order valence-corrected chi connectivity index (χ1v) is 10.2. The van der Waals surface area contributed by atoms with Gasteiger partial charge in [0.25, 0.3) is 0 Å². The fourth-order valence-electron chi connectivity index (χ4n) is 2.99. The van der Waals surface area contributed by atoms with Crippen LogP contribution in [0.4, 0.5) is 11.6 Å². The van der Waals surface area contributed by atoms with Crippen molar-refractivity contribution in [3.05, 3.63) is 80.1 Å². The standard InChI is InChI=1S/C22H25ClN4O3/c1-4-30-19-11-9-18(10-12-19)24-20-25-21(28)27(13-15(2)3)22(29)26(20)14-16-5-7-17(23)8-6-16/h5-12,15H,4,13-14H2,1-3H3,(H,24,25,28). The van der Waals surface area contributed by atoms with Gasteiger partial charge in [-0.05, 0) is 54.8 Å². The predicted octanol–water partition coefficient (Wildman–Crippen LogP) is 3.91. The number of ether oxygens (including phenoxy) is 1. The number of halogens is 1. The van der Waals surface area contributed by atoms with Crippen molar-refractivity contribution in [2.24, 2.45) is 5.92 Å². The first-order valence-electron chi connectivity index (χ1n) is 9.83. The van der Waals surface area contributed by atoms with Gasteiger partial charge in [0.15, 0.2) is 0 Å². The Balaban J connectivity index is 2.02. The number of nitrogens with one attached hydrogen (secondary N) is 1. The highest BCUT2D eigenvalue weighted by Gasteiger charge is 2.15. The minimum atomic E-state index is -0.575. The summed E-state index contributed by atoms with van der Waals surface area (Å²) in [7, 11) is 0. The third-order valence-electron chi connectivity index (χ3n) is 4.37. The molecule has 0 spiro atoms. The maximum absolute atomic E-state index is 13.1. The van der Waals surface area contributed by atoms with E-state index in [4.69, 9.17) is 16.3 Å². The molecular formula is C22H25ClN4O3. The molecule has 8 heteroatoms. The van der Waals surface area contributed by atoms with Gasteiger partial charge >= 0.3 is 11.4 Å². The van der Waals surface area contributed by atoms with E-state index in [1.165, 1.54) is 9.13 Å². The smallest absolute Gasteiger partial charge is 0.354 e. The molecule has 0 unspecified atom stereocenters. The molecule has 3 aromatic rings. The van der Waals surface area contributed by atoms with Gasteiger partial charge in [0.2, 0.25) is 5.95 Å². The van der Waals surface area contributed by atoms with E-state index in [0.29, 0.717) is 23.9 Å². The van der Waals surface area contributed by atoms with E-state index >= 15 is 0 Å². The van der Waals surface area contributed by atoms with Crippen molar-refractivity contribution < 1.29 is 4.74 Å². The average Bonchev–Trinajstić information content (AvgIpc) is 2.71.